The Bertz CT molecular complexity index is 929. The molecule has 9 heteroatoms. The monoisotopic (exact) mass is 413 g/mol. The van der Waals surface area contributed by atoms with Gasteiger partial charge in [-0.25, -0.2) is 13.2 Å². The van der Waals surface area contributed by atoms with Crippen LogP contribution in [0.5, 0.6) is 11.5 Å². The number of benzene rings is 2. The van der Waals surface area contributed by atoms with Crippen LogP contribution in [-0.2, 0) is 14.8 Å². The lowest BCUT2D eigenvalue weighted by molar-refractivity contribution is 0.0602. The number of rotatable bonds is 8. The molecule has 0 aliphatic heterocycles. The highest BCUT2D eigenvalue weighted by Gasteiger charge is 2.21. The van der Waals surface area contributed by atoms with Crippen molar-refractivity contribution in [1.82, 2.24) is 0 Å². The van der Waals surface area contributed by atoms with Gasteiger partial charge in [0.15, 0.2) is 11.5 Å². The first kappa shape index (κ1) is 20.9. The van der Waals surface area contributed by atoms with Crippen LogP contribution in [0.1, 0.15) is 24.2 Å². The van der Waals surface area contributed by atoms with Crippen molar-refractivity contribution >= 4 is 33.3 Å². The predicted molar refractivity (Wildman–Crippen MR) is 102 cm³/mol. The molecule has 2 rings (SSSR count). The molecule has 0 radical (unpaired) electrons. The third-order valence-electron chi connectivity index (χ3n) is 3.46. The molecule has 0 atom stereocenters. The molecule has 0 heterocycles. The van der Waals surface area contributed by atoms with Gasteiger partial charge < -0.3 is 14.2 Å². The smallest absolute Gasteiger partial charge is 0.339 e. The number of anilines is 1. The molecule has 2 aromatic rings. The number of nitrogens with one attached hydrogen (secondary N) is 1. The summed E-state index contributed by atoms with van der Waals surface area (Å²) in [6, 6.07) is 8.45. The Hall–Kier alpha value is -2.45. The Morgan fingerprint density at radius 1 is 1.04 bits per heavy atom. The summed E-state index contributed by atoms with van der Waals surface area (Å²) in [5.41, 5.74) is 0.0580. The van der Waals surface area contributed by atoms with Gasteiger partial charge in [-0.3, -0.25) is 4.72 Å². The van der Waals surface area contributed by atoms with Gasteiger partial charge in [0.25, 0.3) is 10.0 Å². The van der Waals surface area contributed by atoms with Gasteiger partial charge in [0, 0.05) is 11.1 Å². The van der Waals surface area contributed by atoms with Crippen LogP contribution in [0, 0.1) is 0 Å². The molecule has 0 aliphatic carbocycles. The van der Waals surface area contributed by atoms with E-state index in [2.05, 4.69) is 9.46 Å². The molecule has 0 spiro atoms. The van der Waals surface area contributed by atoms with E-state index in [9.17, 15) is 13.2 Å². The van der Waals surface area contributed by atoms with E-state index in [1.807, 2.05) is 6.92 Å². The van der Waals surface area contributed by atoms with Crippen molar-refractivity contribution in [3.63, 3.8) is 0 Å². The standard InChI is InChI=1S/C18H20ClNO6S/c1-4-25-16-9-7-13(11-17(16)26-5-2)27(22,23)20-15-10-12(19)6-8-14(15)18(21)24-3/h6-11,20H,4-5H2,1-3H3. The van der Waals surface area contributed by atoms with Crippen LogP contribution in [0.25, 0.3) is 0 Å². The third kappa shape index (κ3) is 5.05. The van der Waals surface area contributed by atoms with E-state index in [-0.39, 0.29) is 21.2 Å². The number of halogens is 1. The van der Waals surface area contributed by atoms with Gasteiger partial charge in [-0.1, -0.05) is 11.6 Å². The first-order valence-electron chi connectivity index (χ1n) is 8.12. The van der Waals surface area contributed by atoms with Crippen LogP contribution in [0.2, 0.25) is 5.02 Å². The number of methoxy groups -OCH3 is 1. The number of sulfonamides is 1. The van der Waals surface area contributed by atoms with E-state index in [4.69, 9.17) is 21.1 Å². The van der Waals surface area contributed by atoms with E-state index >= 15 is 0 Å². The zero-order valence-electron chi connectivity index (χ0n) is 15.1. The molecule has 0 saturated heterocycles. The number of hydrogen-bond donors (Lipinski definition) is 1. The largest absolute Gasteiger partial charge is 0.490 e. The Kier molecular flexibility index (Phi) is 6.92. The van der Waals surface area contributed by atoms with Crippen molar-refractivity contribution in [3.05, 3.63) is 47.0 Å². The van der Waals surface area contributed by atoms with Gasteiger partial charge in [0.1, 0.15) is 0 Å². The fraction of sp³-hybridized carbons (Fsp3) is 0.278. The summed E-state index contributed by atoms with van der Waals surface area (Å²) in [5.74, 6) is 0.0591. The first-order chi connectivity index (χ1) is 12.8. The van der Waals surface area contributed by atoms with Gasteiger partial charge in [-0.15, -0.1) is 0 Å². The fourth-order valence-electron chi connectivity index (χ4n) is 2.29. The summed E-state index contributed by atoms with van der Waals surface area (Å²) < 4.78 is 43.5. The minimum absolute atomic E-state index is 0.0150. The molecule has 2 aromatic carbocycles. The quantitative estimate of drug-likeness (QED) is 0.663. The minimum Gasteiger partial charge on any atom is -0.490 e. The van der Waals surface area contributed by atoms with Crippen molar-refractivity contribution in [2.75, 3.05) is 25.0 Å². The van der Waals surface area contributed by atoms with Crippen LogP contribution in [-0.4, -0.2) is 34.7 Å². The average Bonchev–Trinajstić information content (AvgIpc) is 2.62. The summed E-state index contributed by atoms with van der Waals surface area (Å²) in [6.07, 6.45) is 0. The molecule has 146 valence electrons. The zero-order chi connectivity index (χ0) is 20.0. The number of ether oxygens (including phenoxy) is 3. The predicted octanol–water partition coefficient (Wildman–Crippen LogP) is 3.72. The summed E-state index contributed by atoms with van der Waals surface area (Å²) in [6.45, 7) is 4.35. The second-order valence-corrected chi connectivity index (χ2v) is 7.38. The molecule has 27 heavy (non-hydrogen) atoms. The molecule has 0 bridgehead atoms. The lowest BCUT2D eigenvalue weighted by Crippen LogP contribution is -2.16. The van der Waals surface area contributed by atoms with Crippen LogP contribution >= 0.6 is 11.6 Å². The number of esters is 1. The minimum atomic E-state index is -4.02. The molecule has 0 aliphatic rings. The van der Waals surface area contributed by atoms with Gasteiger partial charge >= 0.3 is 5.97 Å². The molecule has 0 saturated carbocycles. The van der Waals surface area contributed by atoms with Crippen LogP contribution < -0.4 is 14.2 Å². The lowest BCUT2D eigenvalue weighted by atomic mass is 10.2. The van der Waals surface area contributed by atoms with Crippen LogP contribution in [0.4, 0.5) is 5.69 Å². The van der Waals surface area contributed by atoms with Crippen molar-refractivity contribution in [1.29, 1.82) is 0 Å². The van der Waals surface area contributed by atoms with Crippen molar-refractivity contribution < 1.29 is 27.4 Å². The normalized spacial score (nSPS) is 11.0. The van der Waals surface area contributed by atoms with Crippen molar-refractivity contribution in [2.45, 2.75) is 18.7 Å². The SMILES string of the molecule is CCOc1ccc(S(=O)(=O)Nc2cc(Cl)ccc2C(=O)OC)cc1OCC. The second-order valence-electron chi connectivity index (χ2n) is 5.26. The number of hydrogen-bond acceptors (Lipinski definition) is 6. The highest BCUT2D eigenvalue weighted by molar-refractivity contribution is 7.92. The summed E-state index contributed by atoms with van der Waals surface area (Å²) >= 11 is 5.94. The maximum atomic E-state index is 12.8. The lowest BCUT2D eigenvalue weighted by Gasteiger charge is -2.15. The maximum absolute atomic E-state index is 12.8. The second kappa shape index (κ2) is 8.96. The molecule has 0 fully saturated rings. The maximum Gasteiger partial charge on any atom is 0.339 e. The van der Waals surface area contributed by atoms with Gasteiger partial charge in [0.2, 0.25) is 0 Å². The molecule has 0 amide bonds. The van der Waals surface area contributed by atoms with Gasteiger partial charge in [-0.2, -0.15) is 0 Å². The molecule has 0 unspecified atom stereocenters. The Morgan fingerprint density at radius 2 is 1.70 bits per heavy atom. The summed E-state index contributed by atoms with van der Waals surface area (Å²) in [7, 11) is -2.81. The Labute approximate surface area is 163 Å². The Morgan fingerprint density at radius 3 is 2.33 bits per heavy atom. The van der Waals surface area contributed by atoms with E-state index in [1.165, 1.54) is 43.5 Å². The highest BCUT2D eigenvalue weighted by atomic mass is 35.5. The average molecular weight is 414 g/mol. The van der Waals surface area contributed by atoms with E-state index in [1.54, 1.807) is 6.92 Å². The van der Waals surface area contributed by atoms with E-state index in [0.29, 0.717) is 24.7 Å². The first-order valence-corrected chi connectivity index (χ1v) is 9.98. The topological polar surface area (TPSA) is 90.9 Å². The molecular weight excluding hydrogens is 394 g/mol. The fourth-order valence-corrected chi connectivity index (χ4v) is 3.55. The summed E-state index contributed by atoms with van der Waals surface area (Å²) in [5, 5.41) is 0.266. The third-order valence-corrected chi connectivity index (χ3v) is 5.05. The number of carbonyl (C=O) groups is 1. The van der Waals surface area contributed by atoms with E-state index < -0.39 is 16.0 Å². The Balaban J connectivity index is 2.44. The molecular formula is C18H20ClNO6S. The molecule has 7 nitrogen and oxygen atoms in total. The van der Waals surface area contributed by atoms with Crippen molar-refractivity contribution in [3.8, 4) is 11.5 Å². The highest BCUT2D eigenvalue weighted by Crippen LogP contribution is 2.32. The number of carbonyl (C=O) groups excluding carboxylic acids is 1. The van der Waals surface area contributed by atoms with Crippen LogP contribution in [0.3, 0.4) is 0 Å². The van der Waals surface area contributed by atoms with E-state index in [0.717, 1.165) is 0 Å². The summed E-state index contributed by atoms with van der Waals surface area (Å²) in [4.78, 5) is 11.8. The van der Waals surface area contributed by atoms with Gasteiger partial charge in [-0.05, 0) is 44.2 Å². The molecule has 1 N–H and O–H groups in total. The van der Waals surface area contributed by atoms with Crippen molar-refractivity contribution in [2.24, 2.45) is 0 Å². The molecule has 0 aromatic heterocycles. The van der Waals surface area contributed by atoms with Crippen LogP contribution in [0.15, 0.2) is 41.3 Å². The zero-order valence-corrected chi connectivity index (χ0v) is 16.7. The van der Waals surface area contributed by atoms with Gasteiger partial charge in [0.05, 0.1) is 36.5 Å².